The van der Waals surface area contributed by atoms with Crippen LogP contribution in [0.15, 0.2) is 77.7 Å². The molecule has 1 N–H and O–H groups in total. The molecule has 4 aromatic rings. The van der Waals surface area contributed by atoms with Gasteiger partial charge in [-0.05, 0) is 47.5 Å². The number of nitrogens with one attached hydrogen (secondary N) is 1. The molecule has 0 saturated carbocycles. The molecule has 7 nitrogen and oxygen atoms in total. The molecule has 0 aliphatic carbocycles. The first-order valence-corrected chi connectivity index (χ1v) is 10.5. The summed E-state index contributed by atoms with van der Waals surface area (Å²) in [6.45, 7) is 0.0776. The van der Waals surface area contributed by atoms with E-state index in [4.69, 9.17) is 4.74 Å². The topological polar surface area (TPSA) is 102 Å². The molecular formula is C21H17N3O4S. The highest BCUT2D eigenvalue weighted by Crippen LogP contribution is 2.18. The summed E-state index contributed by atoms with van der Waals surface area (Å²) >= 11 is 0. The highest BCUT2D eigenvalue weighted by molar-refractivity contribution is 7.90. The van der Waals surface area contributed by atoms with Gasteiger partial charge in [-0.2, -0.15) is 15.4 Å². The van der Waals surface area contributed by atoms with E-state index in [9.17, 15) is 13.2 Å². The molecule has 3 aromatic carbocycles. The van der Waals surface area contributed by atoms with E-state index in [1.165, 1.54) is 0 Å². The van der Waals surface area contributed by atoms with E-state index in [1.54, 1.807) is 72.8 Å². The molecule has 29 heavy (non-hydrogen) atoms. The first kappa shape index (κ1) is 18.8. The molecule has 4 rings (SSSR count). The normalized spacial score (nSPS) is 11.4. The van der Waals surface area contributed by atoms with Crippen LogP contribution in [-0.2, 0) is 26.9 Å². The lowest BCUT2D eigenvalue weighted by Crippen LogP contribution is -2.08. The minimum Gasteiger partial charge on any atom is -0.457 e. The number of aromatic nitrogens is 3. The summed E-state index contributed by atoms with van der Waals surface area (Å²) < 4.78 is 30.5. The third-order valence-electron chi connectivity index (χ3n) is 4.37. The zero-order valence-electron chi connectivity index (χ0n) is 15.3. The molecule has 146 valence electrons. The van der Waals surface area contributed by atoms with Crippen LogP contribution >= 0.6 is 0 Å². The molecule has 1 aromatic heterocycles. The highest BCUT2D eigenvalue weighted by atomic mass is 32.2. The fourth-order valence-corrected chi connectivity index (χ4v) is 4.28. The van der Waals surface area contributed by atoms with Crippen molar-refractivity contribution in [2.24, 2.45) is 0 Å². The Labute approximate surface area is 167 Å². The van der Waals surface area contributed by atoms with Crippen LogP contribution in [0.3, 0.4) is 0 Å². The van der Waals surface area contributed by atoms with Crippen LogP contribution in [0.5, 0.6) is 0 Å². The molecule has 0 spiro atoms. The van der Waals surface area contributed by atoms with Crippen LogP contribution in [0.4, 0.5) is 0 Å². The molecule has 1 heterocycles. The second kappa shape index (κ2) is 7.84. The van der Waals surface area contributed by atoms with Gasteiger partial charge in [-0.1, -0.05) is 36.4 Å². The molecule has 0 fully saturated rings. The third-order valence-corrected chi connectivity index (χ3v) is 6.08. The Bertz CT molecular complexity index is 1270. The van der Waals surface area contributed by atoms with E-state index in [2.05, 4.69) is 15.4 Å². The van der Waals surface area contributed by atoms with Crippen molar-refractivity contribution in [3.8, 4) is 0 Å². The van der Waals surface area contributed by atoms with Crippen LogP contribution in [-0.4, -0.2) is 29.8 Å². The summed E-state index contributed by atoms with van der Waals surface area (Å²) in [7, 11) is -3.49. The Morgan fingerprint density at radius 1 is 0.862 bits per heavy atom. The van der Waals surface area contributed by atoms with E-state index >= 15 is 0 Å². The summed E-state index contributed by atoms with van der Waals surface area (Å²) in [5.74, 6) is -0.717. The van der Waals surface area contributed by atoms with Crippen molar-refractivity contribution in [1.82, 2.24) is 15.4 Å². The summed E-state index contributed by atoms with van der Waals surface area (Å²) in [6, 6.07) is 20.1. The summed E-state index contributed by atoms with van der Waals surface area (Å²) in [5.41, 5.74) is 3.02. The number of rotatable bonds is 6. The van der Waals surface area contributed by atoms with Gasteiger partial charge < -0.3 is 4.74 Å². The van der Waals surface area contributed by atoms with Crippen molar-refractivity contribution in [3.05, 3.63) is 89.5 Å². The smallest absolute Gasteiger partial charge is 0.338 e. The predicted octanol–water partition coefficient (Wildman–Crippen LogP) is 3.29. The van der Waals surface area contributed by atoms with Gasteiger partial charge in [-0.25, -0.2) is 13.2 Å². The van der Waals surface area contributed by atoms with Gasteiger partial charge in [0.05, 0.1) is 16.2 Å². The molecule has 0 aliphatic heterocycles. The average Bonchev–Trinajstić information content (AvgIpc) is 3.20. The fourth-order valence-electron chi connectivity index (χ4n) is 2.93. The van der Waals surface area contributed by atoms with Crippen molar-refractivity contribution in [3.63, 3.8) is 0 Å². The Morgan fingerprint density at radius 2 is 1.66 bits per heavy atom. The summed E-state index contributed by atoms with van der Waals surface area (Å²) in [6.07, 6.45) is 0. The number of hydrogen-bond donors (Lipinski definition) is 1. The molecule has 0 unspecified atom stereocenters. The number of carbonyl (C=O) groups excluding carboxylic acids is 1. The van der Waals surface area contributed by atoms with Gasteiger partial charge in [-0.15, -0.1) is 0 Å². The molecular weight excluding hydrogens is 390 g/mol. The Balaban J connectivity index is 1.45. The standard InChI is InChI=1S/C21H17N3O4S/c25-21(28-13-15-9-10-19-20(12-15)23-24-22-19)17-6-4-5-16(11-17)14-29(26,27)18-7-2-1-3-8-18/h1-12H,13-14H2,(H,22,23,24). The molecule has 0 bridgehead atoms. The number of H-pyrrole nitrogens is 1. The second-order valence-electron chi connectivity index (χ2n) is 6.50. The molecule has 0 atom stereocenters. The van der Waals surface area contributed by atoms with Crippen LogP contribution in [0.1, 0.15) is 21.5 Å². The van der Waals surface area contributed by atoms with Crippen molar-refractivity contribution in [1.29, 1.82) is 0 Å². The van der Waals surface area contributed by atoms with Gasteiger partial charge in [-0.3, -0.25) is 0 Å². The largest absolute Gasteiger partial charge is 0.457 e. The van der Waals surface area contributed by atoms with E-state index in [-0.39, 0.29) is 17.3 Å². The van der Waals surface area contributed by atoms with Gasteiger partial charge >= 0.3 is 5.97 Å². The molecule has 0 aliphatic rings. The SMILES string of the molecule is O=C(OCc1ccc2n[nH]nc2c1)c1cccc(CS(=O)(=O)c2ccccc2)c1. The maximum atomic E-state index is 12.5. The van der Waals surface area contributed by atoms with Crippen molar-refractivity contribution >= 4 is 26.8 Å². The number of ether oxygens (including phenoxy) is 1. The number of fused-ring (bicyclic) bond motifs is 1. The number of carbonyl (C=O) groups is 1. The van der Waals surface area contributed by atoms with Gasteiger partial charge in [0, 0.05) is 0 Å². The van der Waals surface area contributed by atoms with E-state index in [0.717, 1.165) is 11.1 Å². The molecule has 0 radical (unpaired) electrons. The van der Waals surface area contributed by atoms with Gasteiger partial charge in [0.1, 0.15) is 17.6 Å². The monoisotopic (exact) mass is 407 g/mol. The lowest BCUT2D eigenvalue weighted by Gasteiger charge is -2.08. The fraction of sp³-hybridized carbons (Fsp3) is 0.0952. The number of esters is 1. The van der Waals surface area contributed by atoms with Crippen LogP contribution in [0.25, 0.3) is 11.0 Å². The molecule has 0 amide bonds. The summed E-state index contributed by atoms with van der Waals surface area (Å²) in [5, 5.41) is 10.5. The quantitative estimate of drug-likeness (QED) is 0.492. The lowest BCUT2D eigenvalue weighted by atomic mass is 10.1. The lowest BCUT2D eigenvalue weighted by molar-refractivity contribution is 0.0472. The van der Waals surface area contributed by atoms with Crippen molar-refractivity contribution < 1.29 is 17.9 Å². The minimum absolute atomic E-state index is 0.0776. The van der Waals surface area contributed by atoms with Gasteiger partial charge in [0.25, 0.3) is 0 Å². The van der Waals surface area contributed by atoms with Crippen LogP contribution in [0.2, 0.25) is 0 Å². The van der Waals surface area contributed by atoms with Crippen LogP contribution < -0.4 is 0 Å². The Morgan fingerprint density at radius 3 is 2.48 bits per heavy atom. The van der Waals surface area contributed by atoms with Gasteiger partial charge in [0.2, 0.25) is 0 Å². The second-order valence-corrected chi connectivity index (χ2v) is 8.48. The van der Waals surface area contributed by atoms with Gasteiger partial charge in [0.15, 0.2) is 9.84 Å². The van der Waals surface area contributed by atoms with Crippen molar-refractivity contribution in [2.45, 2.75) is 17.3 Å². The summed E-state index contributed by atoms with van der Waals surface area (Å²) in [4.78, 5) is 12.7. The minimum atomic E-state index is -3.49. The molecule has 0 saturated heterocycles. The zero-order chi connectivity index (χ0) is 20.3. The maximum Gasteiger partial charge on any atom is 0.338 e. The van der Waals surface area contributed by atoms with E-state index in [0.29, 0.717) is 16.6 Å². The first-order valence-electron chi connectivity index (χ1n) is 8.84. The predicted molar refractivity (Wildman–Crippen MR) is 107 cm³/mol. The average molecular weight is 407 g/mol. The number of aromatic amines is 1. The number of benzene rings is 3. The van der Waals surface area contributed by atoms with E-state index < -0.39 is 15.8 Å². The zero-order valence-corrected chi connectivity index (χ0v) is 16.1. The Kier molecular flexibility index (Phi) is 5.09. The van der Waals surface area contributed by atoms with Crippen LogP contribution in [0, 0.1) is 0 Å². The van der Waals surface area contributed by atoms with Crippen molar-refractivity contribution in [2.75, 3.05) is 0 Å². The Hall–Kier alpha value is -3.52. The number of nitrogens with zero attached hydrogens (tertiary/aromatic N) is 2. The first-order chi connectivity index (χ1) is 14.0. The molecule has 8 heteroatoms. The third kappa shape index (κ3) is 4.33. The van der Waals surface area contributed by atoms with E-state index in [1.807, 2.05) is 0 Å². The maximum absolute atomic E-state index is 12.5. The highest BCUT2D eigenvalue weighted by Gasteiger charge is 2.16. The number of sulfone groups is 1. The number of hydrogen-bond acceptors (Lipinski definition) is 6.